The van der Waals surface area contributed by atoms with Crippen LogP contribution < -0.4 is 5.73 Å². The normalized spacial score (nSPS) is 9.64. The fourth-order valence-corrected chi connectivity index (χ4v) is 1.15. The van der Waals surface area contributed by atoms with Gasteiger partial charge in [-0.1, -0.05) is 11.6 Å². The van der Waals surface area contributed by atoms with Gasteiger partial charge < -0.3 is 5.73 Å². The molecule has 0 spiro atoms. The summed E-state index contributed by atoms with van der Waals surface area (Å²) in [6.07, 6.45) is 0. The Morgan fingerprint density at radius 2 is 2.27 bits per heavy atom. The number of hydrogen-bond acceptors (Lipinski definition) is 2. The number of amides is 1. The van der Waals surface area contributed by atoms with Crippen molar-refractivity contribution in [3.63, 3.8) is 0 Å². The van der Waals surface area contributed by atoms with Crippen molar-refractivity contribution < 1.29 is 4.79 Å². The summed E-state index contributed by atoms with van der Waals surface area (Å²) in [6.45, 7) is 0. The third kappa shape index (κ3) is 1.91. The molecule has 0 fully saturated rings. The zero-order valence-electron chi connectivity index (χ0n) is 5.34. The monoisotopic (exact) mass is 234 g/mol. The van der Waals surface area contributed by atoms with Gasteiger partial charge in [0.05, 0.1) is 0 Å². The molecule has 1 rings (SSSR count). The van der Waals surface area contributed by atoms with Crippen LogP contribution >= 0.6 is 27.5 Å². The molecule has 1 aromatic heterocycles. The zero-order valence-corrected chi connectivity index (χ0v) is 7.69. The molecular formula is C6H4BrClN2O. The highest BCUT2D eigenvalue weighted by molar-refractivity contribution is 9.10. The molecule has 0 saturated carbocycles. The van der Waals surface area contributed by atoms with E-state index in [1.807, 2.05) is 0 Å². The highest BCUT2D eigenvalue weighted by Crippen LogP contribution is 2.16. The van der Waals surface area contributed by atoms with E-state index in [9.17, 15) is 4.79 Å². The Kier molecular flexibility index (Phi) is 2.46. The van der Waals surface area contributed by atoms with Crippen LogP contribution in [0.5, 0.6) is 0 Å². The average molecular weight is 235 g/mol. The van der Waals surface area contributed by atoms with E-state index in [2.05, 4.69) is 20.9 Å². The summed E-state index contributed by atoms with van der Waals surface area (Å²) in [5.74, 6) is -0.598. The van der Waals surface area contributed by atoms with Gasteiger partial charge >= 0.3 is 0 Å². The summed E-state index contributed by atoms with van der Waals surface area (Å²) in [6, 6.07) is 3.19. The molecule has 58 valence electrons. The number of carbonyl (C=O) groups excluding carboxylic acids is 1. The van der Waals surface area contributed by atoms with E-state index < -0.39 is 5.91 Å². The van der Waals surface area contributed by atoms with E-state index in [-0.39, 0.29) is 10.8 Å². The van der Waals surface area contributed by atoms with Crippen LogP contribution in [0.15, 0.2) is 16.6 Å². The van der Waals surface area contributed by atoms with E-state index >= 15 is 0 Å². The van der Waals surface area contributed by atoms with Crippen LogP contribution in [0.2, 0.25) is 5.15 Å². The van der Waals surface area contributed by atoms with Crippen LogP contribution in [0.1, 0.15) is 10.5 Å². The van der Waals surface area contributed by atoms with E-state index in [0.29, 0.717) is 4.47 Å². The Bertz CT molecular complexity index is 303. The lowest BCUT2D eigenvalue weighted by Crippen LogP contribution is -2.13. The van der Waals surface area contributed by atoms with Crippen molar-refractivity contribution in [1.29, 1.82) is 0 Å². The first kappa shape index (κ1) is 8.49. The Morgan fingerprint density at radius 3 is 2.73 bits per heavy atom. The number of pyridine rings is 1. The Morgan fingerprint density at radius 1 is 1.64 bits per heavy atom. The first-order chi connectivity index (χ1) is 5.11. The zero-order chi connectivity index (χ0) is 8.43. The van der Waals surface area contributed by atoms with Crippen molar-refractivity contribution in [2.24, 2.45) is 5.73 Å². The minimum atomic E-state index is -0.598. The molecule has 5 heteroatoms. The van der Waals surface area contributed by atoms with Crippen LogP contribution in [0.25, 0.3) is 0 Å². The number of primary amides is 1. The quantitative estimate of drug-likeness (QED) is 0.752. The molecule has 0 aliphatic carbocycles. The molecule has 0 saturated heterocycles. The summed E-state index contributed by atoms with van der Waals surface area (Å²) in [7, 11) is 0. The van der Waals surface area contributed by atoms with Crippen LogP contribution in [0.3, 0.4) is 0 Å². The molecule has 0 radical (unpaired) electrons. The van der Waals surface area contributed by atoms with Gasteiger partial charge in [0.25, 0.3) is 5.91 Å². The van der Waals surface area contributed by atoms with Gasteiger partial charge in [0, 0.05) is 4.47 Å². The predicted molar refractivity (Wildman–Crippen MR) is 45.5 cm³/mol. The molecule has 0 unspecified atom stereocenters. The van der Waals surface area contributed by atoms with Gasteiger partial charge in [-0.2, -0.15) is 0 Å². The van der Waals surface area contributed by atoms with Gasteiger partial charge in [0.1, 0.15) is 10.8 Å². The molecule has 0 aliphatic heterocycles. The van der Waals surface area contributed by atoms with Crippen LogP contribution in [-0.2, 0) is 0 Å². The van der Waals surface area contributed by atoms with Gasteiger partial charge in [0.2, 0.25) is 0 Å². The Balaban J connectivity index is 3.23. The van der Waals surface area contributed by atoms with Crippen molar-refractivity contribution in [2.45, 2.75) is 0 Å². The van der Waals surface area contributed by atoms with E-state index in [0.717, 1.165) is 0 Å². The standard InChI is InChI=1S/C6H4BrClN2O/c7-3-1-2-4(8)10-5(3)6(9)11/h1-2H,(H2,9,11). The maximum Gasteiger partial charge on any atom is 0.268 e. The molecular weight excluding hydrogens is 231 g/mol. The number of hydrogen-bond donors (Lipinski definition) is 1. The molecule has 2 N–H and O–H groups in total. The Hall–Kier alpha value is -0.610. The lowest BCUT2D eigenvalue weighted by molar-refractivity contribution is 0.0995. The molecule has 11 heavy (non-hydrogen) atoms. The number of aromatic nitrogens is 1. The molecule has 0 aliphatic rings. The van der Waals surface area contributed by atoms with Crippen molar-refractivity contribution in [1.82, 2.24) is 4.98 Å². The van der Waals surface area contributed by atoms with E-state index in [1.54, 1.807) is 12.1 Å². The lowest BCUT2D eigenvalue weighted by Gasteiger charge is -1.97. The largest absolute Gasteiger partial charge is 0.364 e. The first-order valence-corrected chi connectivity index (χ1v) is 3.90. The predicted octanol–water partition coefficient (Wildman–Crippen LogP) is 1.60. The van der Waals surface area contributed by atoms with Gasteiger partial charge in [-0.05, 0) is 28.1 Å². The third-order valence-corrected chi connectivity index (χ3v) is 1.90. The fourth-order valence-electron chi connectivity index (χ4n) is 0.591. The van der Waals surface area contributed by atoms with E-state index in [1.165, 1.54) is 0 Å². The molecule has 1 aromatic rings. The van der Waals surface area contributed by atoms with E-state index in [4.69, 9.17) is 17.3 Å². The lowest BCUT2D eigenvalue weighted by atomic mass is 10.3. The summed E-state index contributed by atoms with van der Waals surface area (Å²) in [5, 5.41) is 0.252. The maximum absolute atomic E-state index is 10.6. The summed E-state index contributed by atoms with van der Waals surface area (Å²) < 4.78 is 0.550. The topological polar surface area (TPSA) is 56.0 Å². The van der Waals surface area contributed by atoms with Gasteiger partial charge in [-0.25, -0.2) is 4.98 Å². The summed E-state index contributed by atoms with van der Waals surface area (Å²) >= 11 is 8.63. The highest BCUT2D eigenvalue weighted by atomic mass is 79.9. The van der Waals surface area contributed by atoms with Gasteiger partial charge in [-0.3, -0.25) is 4.79 Å². The first-order valence-electron chi connectivity index (χ1n) is 2.73. The summed E-state index contributed by atoms with van der Waals surface area (Å²) in [5.41, 5.74) is 5.14. The molecule has 1 amide bonds. The fraction of sp³-hybridized carbons (Fsp3) is 0. The van der Waals surface area contributed by atoms with Crippen LogP contribution in [-0.4, -0.2) is 10.9 Å². The molecule has 0 atom stereocenters. The minimum Gasteiger partial charge on any atom is -0.364 e. The second-order valence-electron chi connectivity index (χ2n) is 1.83. The molecule has 3 nitrogen and oxygen atoms in total. The van der Waals surface area contributed by atoms with Crippen molar-refractivity contribution in [3.05, 3.63) is 27.5 Å². The number of halogens is 2. The van der Waals surface area contributed by atoms with Crippen LogP contribution in [0.4, 0.5) is 0 Å². The smallest absolute Gasteiger partial charge is 0.268 e. The van der Waals surface area contributed by atoms with Crippen molar-refractivity contribution >= 4 is 33.4 Å². The number of nitrogens with two attached hydrogens (primary N) is 1. The number of nitrogens with zero attached hydrogens (tertiary/aromatic N) is 1. The number of carbonyl (C=O) groups is 1. The Labute approximate surface area is 76.7 Å². The maximum atomic E-state index is 10.6. The third-order valence-electron chi connectivity index (χ3n) is 1.05. The minimum absolute atomic E-state index is 0.150. The molecule has 0 bridgehead atoms. The number of rotatable bonds is 1. The van der Waals surface area contributed by atoms with Crippen LogP contribution in [0, 0.1) is 0 Å². The summed E-state index contributed by atoms with van der Waals surface area (Å²) in [4.78, 5) is 14.4. The molecule has 1 heterocycles. The average Bonchev–Trinajstić information content (AvgIpc) is 1.94. The SMILES string of the molecule is NC(=O)c1nc(Cl)ccc1Br. The highest BCUT2D eigenvalue weighted by Gasteiger charge is 2.07. The van der Waals surface area contributed by atoms with Gasteiger partial charge in [0.15, 0.2) is 0 Å². The second-order valence-corrected chi connectivity index (χ2v) is 3.07. The van der Waals surface area contributed by atoms with Crippen molar-refractivity contribution in [3.8, 4) is 0 Å². The molecule has 0 aromatic carbocycles. The van der Waals surface area contributed by atoms with Crippen molar-refractivity contribution in [2.75, 3.05) is 0 Å². The van der Waals surface area contributed by atoms with Gasteiger partial charge in [-0.15, -0.1) is 0 Å². The second kappa shape index (κ2) is 3.19.